The minimum absolute atomic E-state index is 0.225. The first kappa shape index (κ1) is 13.7. The highest BCUT2D eigenvalue weighted by atomic mass is 16.5. The molecule has 0 radical (unpaired) electrons. The number of carbonyl (C=O) groups excluding carboxylic acids is 1. The Morgan fingerprint density at radius 3 is 2.47 bits per heavy atom. The smallest absolute Gasteiger partial charge is 0.341 e. The summed E-state index contributed by atoms with van der Waals surface area (Å²) in [5, 5.41) is 0. The molecule has 0 spiro atoms. The summed E-state index contributed by atoms with van der Waals surface area (Å²) < 4.78 is 16.2. The summed E-state index contributed by atoms with van der Waals surface area (Å²) >= 11 is 0. The van der Waals surface area contributed by atoms with Gasteiger partial charge >= 0.3 is 5.97 Å². The fourth-order valence-corrected chi connectivity index (χ4v) is 2.52. The van der Waals surface area contributed by atoms with E-state index in [1.807, 2.05) is 0 Å². The lowest BCUT2D eigenvalue weighted by molar-refractivity contribution is 0.0570. The molecule has 0 bridgehead atoms. The van der Waals surface area contributed by atoms with E-state index < -0.39 is 5.97 Å². The number of esters is 1. The van der Waals surface area contributed by atoms with Crippen molar-refractivity contribution in [2.24, 2.45) is 0 Å². The first-order chi connectivity index (χ1) is 9.09. The molecule has 1 aromatic rings. The van der Waals surface area contributed by atoms with Crippen molar-refractivity contribution in [3.8, 4) is 11.5 Å². The van der Waals surface area contributed by atoms with Gasteiger partial charge in [0.25, 0.3) is 0 Å². The molecule has 4 nitrogen and oxygen atoms in total. The normalized spacial score (nSPS) is 17.0. The van der Waals surface area contributed by atoms with Crippen LogP contribution < -0.4 is 9.47 Å². The maximum absolute atomic E-state index is 11.8. The highest BCUT2D eigenvalue weighted by Gasteiger charge is 2.33. The van der Waals surface area contributed by atoms with E-state index in [9.17, 15) is 4.79 Å². The molecule has 1 fully saturated rings. The molecule has 19 heavy (non-hydrogen) atoms. The van der Waals surface area contributed by atoms with E-state index in [1.54, 1.807) is 25.3 Å². The van der Waals surface area contributed by atoms with E-state index in [0.29, 0.717) is 17.1 Å². The minimum Gasteiger partial charge on any atom is -0.493 e. The molecule has 4 heteroatoms. The van der Waals surface area contributed by atoms with E-state index in [1.165, 1.54) is 7.11 Å². The molecular formula is C15H20O4. The molecule has 0 amide bonds. The zero-order valence-corrected chi connectivity index (χ0v) is 11.7. The number of carbonyl (C=O) groups is 1. The van der Waals surface area contributed by atoms with Gasteiger partial charge in [0.05, 0.1) is 14.2 Å². The van der Waals surface area contributed by atoms with Gasteiger partial charge in [0.1, 0.15) is 11.2 Å². The van der Waals surface area contributed by atoms with E-state index in [0.717, 1.165) is 25.7 Å². The molecule has 0 aliphatic heterocycles. The fourth-order valence-electron chi connectivity index (χ4n) is 2.52. The first-order valence-corrected chi connectivity index (χ1v) is 6.54. The Hall–Kier alpha value is -1.71. The van der Waals surface area contributed by atoms with E-state index >= 15 is 0 Å². The summed E-state index contributed by atoms with van der Waals surface area (Å²) in [5.74, 6) is 0.646. The molecule has 0 N–H and O–H groups in total. The van der Waals surface area contributed by atoms with Crippen LogP contribution in [0.1, 0.15) is 43.0 Å². The molecule has 1 saturated carbocycles. The van der Waals surface area contributed by atoms with Crippen LogP contribution >= 0.6 is 0 Å². The van der Waals surface area contributed by atoms with Crippen LogP contribution in [-0.4, -0.2) is 25.8 Å². The van der Waals surface area contributed by atoms with Gasteiger partial charge in [-0.05, 0) is 44.7 Å². The molecule has 2 rings (SSSR count). The number of hydrogen-bond acceptors (Lipinski definition) is 4. The molecule has 0 unspecified atom stereocenters. The van der Waals surface area contributed by atoms with E-state index in [-0.39, 0.29) is 5.60 Å². The highest BCUT2D eigenvalue weighted by molar-refractivity contribution is 5.93. The van der Waals surface area contributed by atoms with Crippen molar-refractivity contribution in [1.82, 2.24) is 0 Å². The van der Waals surface area contributed by atoms with Crippen molar-refractivity contribution in [1.29, 1.82) is 0 Å². The molecule has 0 heterocycles. The highest BCUT2D eigenvalue weighted by Crippen LogP contribution is 2.39. The Kier molecular flexibility index (Phi) is 3.98. The van der Waals surface area contributed by atoms with Crippen LogP contribution in [0.3, 0.4) is 0 Å². The maximum atomic E-state index is 11.8. The molecule has 104 valence electrons. The van der Waals surface area contributed by atoms with Crippen LogP contribution in [0.5, 0.6) is 11.5 Å². The Morgan fingerprint density at radius 1 is 1.21 bits per heavy atom. The summed E-state index contributed by atoms with van der Waals surface area (Å²) in [7, 11) is 2.93. The minimum atomic E-state index is -0.407. The van der Waals surface area contributed by atoms with Crippen molar-refractivity contribution in [2.75, 3.05) is 14.2 Å². The number of ether oxygens (including phenoxy) is 3. The van der Waals surface area contributed by atoms with Crippen LogP contribution in [0, 0.1) is 0 Å². The summed E-state index contributed by atoms with van der Waals surface area (Å²) in [5.41, 5.74) is 0.187. The Morgan fingerprint density at radius 2 is 1.89 bits per heavy atom. The molecular weight excluding hydrogens is 244 g/mol. The van der Waals surface area contributed by atoms with Crippen molar-refractivity contribution in [2.45, 2.75) is 38.2 Å². The third-order valence-electron chi connectivity index (χ3n) is 3.61. The monoisotopic (exact) mass is 264 g/mol. The molecule has 1 aromatic carbocycles. The average molecular weight is 264 g/mol. The van der Waals surface area contributed by atoms with Crippen LogP contribution in [0.2, 0.25) is 0 Å². The molecule has 0 aromatic heterocycles. The summed E-state index contributed by atoms with van der Waals surface area (Å²) in [6, 6.07) is 5.25. The molecule has 1 aliphatic carbocycles. The summed E-state index contributed by atoms with van der Waals surface area (Å²) in [4.78, 5) is 11.8. The van der Waals surface area contributed by atoms with Gasteiger partial charge in [-0.3, -0.25) is 0 Å². The van der Waals surface area contributed by atoms with Crippen molar-refractivity contribution in [3.05, 3.63) is 23.8 Å². The molecule has 0 atom stereocenters. The second-order valence-corrected chi connectivity index (χ2v) is 5.09. The third-order valence-corrected chi connectivity index (χ3v) is 3.61. The van der Waals surface area contributed by atoms with Crippen molar-refractivity contribution >= 4 is 5.97 Å². The van der Waals surface area contributed by atoms with Crippen LogP contribution in [0.4, 0.5) is 0 Å². The van der Waals surface area contributed by atoms with Crippen molar-refractivity contribution < 1.29 is 19.0 Å². The predicted octanol–water partition coefficient (Wildman–Crippen LogP) is 3.19. The first-order valence-electron chi connectivity index (χ1n) is 6.54. The van der Waals surface area contributed by atoms with Gasteiger partial charge in [-0.1, -0.05) is 6.07 Å². The zero-order valence-electron chi connectivity index (χ0n) is 11.7. The predicted molar refractivity (Wildman–Crippen MR) is 71.8 cm³/mol. The van der Waals surface area contributed by atoms with Gasteiger partial charge < -0.3 is 14.2 Å². The zero-order chi connectivity index (χ0) is 13.9. The van der Waals surface area contributed by atoms with Crippen LogP contribution in [-0.2, 0) is 4.74 Å². The lowest BCUT2D eigenvalue weighted by atomic mass is 10.0. The van der Waals surface area contributed by atoms with Crippen LogP contribution in [0.25, 0.3) is 0 Å². The lowest BCUT2D eigenvalue weighted by Crippen LogP contribution is -2.29. The number of hydrogen-bond donors (Lipinski definition) is 0. The number of methoxy groups -OCH3 is 2. The van der Waals surface area contributed by atoms with Gasteiger partial charge in [0, 0.05) is 0 Å². The second kappa shape index (κ2) is 5.51. The number of para-hydroxylation sites is 1. The quantitative estimate of drug-likeness (QED) is 0.783. The van der Waals surface area contributed by atoms with Gasteiger partial charge in [0.2, 0.25) is 0 Å². The fraction of sp³-hybridized carbons (Fsp3) is 0.533. The second-order valence-electron chi connectivity index (χ2n) is 5.09. The van der Waals surface area contributed by atoms with E-state index in [4.69, 9.17) is 14.2 Å². The summed E-state index contributed by atoms with van der Waals surface area (Å²) in [6.45, 7) is 2.08. The number of benzene rings is 1. The topological polar surface area (TPSA) is 44.8 Å². The van der Waals surface area contributed by atoms with Crippen LogP contribution in [0.15, 0.2) is 18.2 Å². The van der Waals surface area contributed by atoms with Gasteiger partial charge in [-0.25, -0.2) is 4.79 Å². The molecule has 0 saturated heterocycles. The van der Waals surface area contributed by atoms with Gasteiger partial charge in [0.15, 0.2) is 11.5 Å². The third kappa shape index (κ3) is 2.83. The van der Waals surface area contributed by atoms with Gasteiger partial charge in [-0.2, -0.15) is 0 Å². The van der Waals surface area contributed by atoms with Gasteiger partial charge in [-0.15, -0.1) is 0 Å². The van der Waals surface area contributed by atoms with Crippen molar-refractivity contribution in [3.63, 3.8) is 0 Å². The number of rotatable bonds is 4. The largest absolute Gasteiger partial charge is 0.493 e. The molecule has 1 aliphatic rings. The Bertz CT molecular complexity index is 461. The standard InChI is InChI=1S/C15H20O4/c1-15(9-4-5-10-15)19-13-11(14(16)18-3)7-6-8-12(13)17-2/h6-8H,4-5,9-10H2,1-3H3. The summed E-state index contributed by atoms with van der Waals surface area (Å²) in [6.07, 6.45) is 4.29. The SMILES string of the molecule is COC(=O)c1cccc(OC)c1OC1(C)CCCC1. The Labute approximate surface area is 113 Å². The average Bonchev–Trinajstić information content (AvgIpc) is 2.84. The van der Waals surface area contributed by atoms with E-state index in [2.05, 4.69) is 6.92 Å². The maximum Gasteiger partial charge on any atom is 0.341 e. The Balaban J connectivity index is 2.38. The lowest BCUT2D eigenvalue weighted by Gasteiger charge is -2.27.